The van der Waals surface area contributed by atoms with E-state index in [2.05, 4.69) is 4.98 Å². The average Bonchev–Trinajstić information content (AvgIpc) is 2.58. The Bertz CT molecular complexity index is 727. The van der Waals surface area contributed by atoms with Gasteiger partial charge in [0.15, 0.2) is 0 Å². The number of para-hydroxylation sites is 1. The third kappa shape index (κ3) is 5.18. The zero-order chi connectivity index (χ0) is 16.5. The molecule has 3 aromatic rings. The van der Waals surface area contributed by atoms with E-state index in [1.807, 2.05) is 74.5 Å². The lowest BCUT2D eigenvalue weighted by Crippen LogP contribution is -1.93. The topological polar surface area (TPSA) is 57.4 Å². The van der Waals surface area contributed by atoms with E-state index in [1.54, 1.807) is 0 Å². The first kappa shape index (κ1) is 16.6. The van der Waals surface area contributed by atoms with Gasteiger partial charge in [-0.05, 0) is 50.2 Å². The molecular formula is C19H22N2O2. The van der Waals surface area contributed by atoms with Crippen LogP contribution in [0.5, 0.6) is 11.6 Å². The van der Waals surface area contributed by atoms with Crippen molar-refractivity contribution in [3.05, 3.63) is 60.7 Å². The summed E-state index contributed by atoms with van der Waals surface area (Å²) in [6.45, 7) is 5.27. The summed E-state index contributed by atoms with van der Waals surface area (Å²) >= 11 is 0. The summed E-state index contributed by atoms with van der Waals surface area (Å²) in [4.78, 5) is 4.34. The molecule has 1 heterocycles. The molecule has 0 amide bonds. The smallest absolute Gasteiger partial charge is 0.213 e. The maximum atomic E-state index is 5.47. The summed E-state index contributed by atoms with van der Waals surface area (Å²) in [6.07, 6.45) is 0. The van der Waals surface area contributed by atoms with Crippen LogP contribution in [0, 0.1) is 0 Å². The maximum absolute atomic E-state index is 5.47. The summed E-state index contributed by atoms with van der Waals surface area (Å²) < 4.78 is 10.5. The molecule has 2 aromatic carbocycles. The van der Waals surface area contributed by atoms with Gasteiger partial charge in [-0.1, -0.05) is 18.2 Å². The highest BCUT2D eigenvalue weighted by Gasteiger charge is 1.96. The van der Waals surface area contributed by atoms with Crippen LogP contribution in [0.25, 0.3) is 10.9 Å². The quantitative estimate of drug-likeness (QED) is 0.730. The minimum atomic E-state index is 0.658. The van der Waals surface area contributed by atoms with Crippen molar-refractivity contribution in [2.24, 2.45) is 0 Å². The molecule has 0 atom stereocenters. The number of nitrogens with two attached hydrogens (primary N) is 1. The van der Waals surface area contributed by atoms with Crippen molar-refractivity contribution in [1.29, 1.82) is 0 Å². The van der Waals surface area contributed by atoms with Crippen LogP contribution in [0.15, 0.2) is 60.7 Å². The van der Waals surface area contributed by atoms with Gasteiger partial charge in [0.1, 0.15) is 5.75 Å². The van der Waals surface area contributed by atoms with Crippen molar-refractivity contribution in [1.82, 2.24) is 4.98 Å². The molecule has 0 aliphatic heterocycles. The normalized spacial score (nSPS) is 9.83. The molecule has 120 valence electrons. The van der Waals surface area contributed by atoms with Crippen molar-refractivity contribution in [3.8, 4) is 11.6 Å². The Morgan fingerprint density at radius 1 is 0.826 bits per heavy atom. The summed E-state index contributed by atoms with van der Waals surface area (Å²) in [7, 11) is 0. The predicted octanol–water partition coefficient (Wildman–Crippen LogP) is 4.30. The van der Waals surface area contributed by atoms with E-state index >= 15 is 0 Å². The number of hydrogen-bond acceptors (Lipinski definition) is 4. The second kappa shape index (κ2) is 8.63. The average molecular weight is 310 g/mol. The van der Waals surface area contributed by atoms with E-state index in [0.717, 1.165) is 22.3 Å². The zero-order valence-electron chi connectivity index (χ0n) is 13.5. The summed E-state index contributed by atoms with van der Waals surface area (Å²) in [6, 6.07) is 19.3. The number of benzene rings is 2. The molecule has 2 N–H and O–H groups in total. The number of nitrogens with zero attached hydrogens (tertiary/aromatic N) is 1. The van der Waals surface area contributed by atoms with E-state index in [-0.39, 0.29) is 0 Å². The van der Waals surface area contributed by atoms with Crippen LogP contribution in [0.3, 0.4) is 0 Å². The van der Waals surface area contributed by atoms with Gasteiger partial charge in [-0.3, -0.25) is 0 Å². The van der Waals surface area contributed by atoms with Gasteiger partial charge in [0.05, 0.1) is 18.7 Å². The van der Waals surface area contributed by atoms with Crippen LogP contribution in [-0.4, -0.2) is 18.2 Å². The number of pyridine rings is 1. The number of fused-ring (bicyclic) bond motifs is 1. The summed E-state index contributed by atoms with van der Waals surface area (Å²) in [5.41, 5.74) is 7.21. The molecule has 0 saturated heterocycles. The predicted molar refractivity (Wildman–Crippen MR) is 94.9 cm³/mol. The highest BCUT2D eigenvalue weighted by Crippen LogP contribution is 2.15. The first-order valence-electron chi connectivity index (χ1n) is 7.70. The highest BCUT2D eigenvalue weighted by atomic mass is 16.5. The molecule has 0 spiro atoms. The standard InChI is InChI=1S/C11H11NO.C8H11NO/c1-2-13-11-8-7-9-5-3-4-6-10(9)12-11;1-2-10-8-5-3-7(9)4-6-8/h3-8H,2H2,1H3;3-6H,2,9H2,1H3. The fourth-order valence-corrected chi connectivity index (χ4v) is 2.01. The zero-order valence-corrected chi connectivity index (χ0v) is 13.5. The van der Waals surface area contributed by atoms with Crippen molar-refractivity contribution in [2.45, 2.75) is 13.8 Å². The summed E-state index contributed by atoms with van der Waals surface area (Å²) in [5, 5.41) is 1.14. The van der Waals surface area contributed by atoms with E-state index in [4.69, 9.17) is 15.2 Å². The third-order valence-electron chi connectivity index (χ3n) is 3.06. The van der Waals surface area contributed by atoms with Gasteiger partial charge >= 0.3 is 0 Å². The van der Waals surface area contributed by atoms with Crippen LogP contribution in [0.4, 0.5) is 5.69 Å². The SMILES string of the molecule is CCOc1ccc(N)cc1.CCOc1ccc2ccccc2n1. The Morgan fingerprint density at radius 2 is 1.52 bits per heavy atom. The van der Waals surface area contributed by atoms with E-state index in [9.17, 15) is 0 Å². The third-order valence-corrected chi connectivity index (χ3v) is 3.06. The van der Waals surface area contributed by atoms with E-state index in [1.165, 1.54) is 0 Å². The number of aromatic nitrogens is 1. The Labute approximate surface area is 136 Å². The Hall–Kier alpha value is -2.75. The molecule has 0 unspecified atom stereocenters. The summed E-state index contributed by atoms with van der Waals surface area (Å²) in [5.74, 6) is 1.57. The molecule has 0 fully saturated rings. The lowest BCUT2D eigenvalue weighted by molar-refractivity contribution is 0.328. The number of rotatable bonds is 4. The second-order valence-corrected chi connectivity index (χ2v) is 4.78. The van der Waals surface area contributed by atoms with E-state index in [0.29, 0.717) is 19.1 Å². The lowest BCUT2D eigenvalue weighted by Gasteiger charge is -2.02. The van der Waals surface area contributed by atoms with Crippen LogP contribution in [0.1, 0.15) is 13.8 Å². The Morgan fingerprint density at radius 3 is 2.22 bits per heavy atom. The number of ether oxygens (including phenoxy) is 2. The molecule has 0 saturated carbocycles. The molecule has 0 aliphatic rings. The number of anilines is 1. The van der Waals surface area contributed by atoms with Gasteiger partial charge in [0.2, 0.25) is 5.88 Å². The first-order valence-corrected chi connectivity index (χ1v) is 7.70. The van der Waals surface area contributed by atoms with Gasteiger partial charge < -0.3 is 15.2 Å². The second-order valence-electron chi connectivity index (χ2n) is 4.78. The van der Waals surface area contributed by atoms with E-state index < -0.39 is 0 Å². The van der Waals surface area contributed by atoms with Gasteiger partial charge in [-0.15, -0.1) is 0 Å². The Kier molecular flexibility index (Phi) is 6.24. The van der Waals surface area contributed by atoms with Gasteiger partial charge in [0, 0.05) is 17.1 Å². The van der Waals surface area contributed by atoms with Crippen molar-refractivity contribution in [2.75, 3.05) is 18.9 Å². The minimum absolute atomic E-state index is 0.658. The molecule has 0 aliphatic carbocycles. The number of hydrogen-bond donors (Lipinski definition) is 1. The molecular weight excluding hydrogens is 288 g/mol. The van der Waals surface area contributed by atoms with Crippen LogP contribution in [-0.2, 0) is 0 Å². The molecule has 1 aromatic heterocycles. The van der Waals surface area contributed by atoms with Gasteiger partial charge in [-0.2, -0.15) is 0 Å². The molecule has 4 heteroatoms. The highest BCUT2D eigenvalue weighted by molar-refractivity contribution is 5.78. The van der Waals surface area contributed by atoms with Gasteiger partial charge in [-0.25, -0.2) is 4.98 Å². The van der Waals surface area contributed by atoms with Crippen molar-refractivity contribution >= 4 is 16.6 Å². The van der Waals surface area contributed by atoms with Crippen LogP contribution >= 0.6 is 0 Å². The van der Waals surface area contributed by atoms with Crippen molar-refractivity contribution in [3.63, 3.8) is 0 Å². The van der Waals surface area contributed by atoms with Crippen molar-refractivity contribution < 1.29 is 9.47 Å². The molecule has 3 rings (SSSR count). The first-order chi connectivity index (χ1) is 11.2. The molecule has 23 heavy (non-hydrogen) atoms. The fourth-order valence-electron chi connectivity index (χ4n) is 2.01. The number of nitrogen functional groups attached to an aromatic ring is 1. The van der Waals surface area contributed by atoms with Crippen LogP contribution in [0.2, 0.25) is 0 Å². The molecule has 0 radical (unpaired) electrons. The lowest BCUT2D eigenvalue weighted by atomic mass is 10.2. The minimum Gasteiger partial charge on any atom is -0.494 e. The maximum Gasteiger partial charge on any atom is 0.213 e. The largest absolute Gasteiger partial charge is 0.494 e. The van der Waals surface area contributed by atoms with Gasteiger partial charge in [0.25, 0.3) is 0 Å². The Balaban J connectivity index is 0.000000174. The molecule has 0 bridgehead atoms. The molecule has 4 nitrogen and oxygen atoms in total. The fraction of sp³-hybridized carbons (Fsp3) is 0.211. The monoisotopic (exact) mass is 310 g/mol. The van der Waals surface area contributed by atoms with Crippen LogP contribution < -0.4 is 15.2 Å².